The van der Waals surface area contributed by atoms with Crippen molar-refractivity contribution in [3.05, 3.63) is 54.2 Å². The number of ether oxygens (including phenoxy) is 3. The first kappa shape index (κ1) is 20.0. The highest BCUT2D eigenvalue weighted by molar-refractivity contribution is 5.93. The summed E-state index contributed by atoms with van der Waals surface area (Å²) in [4.78, 5) is 19.2. The molecule has 1 fully saturated rings. The van der Waals surface area contributed by atoms with Crippen LogP contribution in [0.15, 0.2) is 48.5 Å². The predicted octanol–water partition coefficient (Wildman–Crippen LogP) is 3.41. The van der Waals surface area contributed by atoms with Crippen molar-refractivity contribution in [1.29, 1.82) is 0 Å². The van der Waals surface area contributed by atoms with Crippen molar-refractivity contribution in [3.63, 3.8) is 0 Å². The minimum atomic E-state index is -0.223. The van der Waals surface area contributed by atoms with Crippen molar-refractivity contribution >= 4 is 28.2 Å². The third kappa shape index (κ3) is 4.63. The summed E-state index contributed by atoms with van der Waals surface area (Å²) in [6, 6.07) is 15.2. The van der Waals surface area contributed by atoms with Crippen molar-refractivity contribution in [2.45, 2.75) is 6.92 Å². The number of fused-ring (bicyclic) bond motifs is 1. The van der Waals surface area contributed by atoms with Gasteiger partial charge in [-0.3, -0.25) is 9.78 Å². The van der Waals surface area contributed by atoms with Crippen LogP contribution in [0, 0.1) is 6.92 Å². The van der Waals surface area contributed by atoms with Gasteiger partial charge in [0.1, 0.15) is 11.5 Å². The van der Waals surface area contributed by atoms with Gasteiger partial charge >= 0.3 is 0 Å². The fourth-order valence-electron chi connectivity index (χ4n) is 3.46. The summed E-state index contributed by atoms with van der Waals surface area (Å²) < 4.78 is 16.5. The zero-order valence-electron chi connectivity index (χ0n) is 17.2. The Labute approximate surface area is 175 Å². The first-order valence-corrected chi connectivity index (χ1v) is 9.93. The molecule has 1 aliphatic heterocycles. The second kappa shape index (κ2) is 9.00. The fourth-order valence-corrected chi connectivity index (χ4v) is 3.46. The third-order valence-corrected chi connectivity index (χ3v) is 4.99. The summed E-state index contributed by atoms with van der Waals surface area (Å²) >= 11 is 0. The van der Waals surface area contributed by atoms with Gasteiger partial charge in [-0.05, 0) is 49.4 Å². The van der Waals surface area contributed by atoms with E-state index in [1.807, 2.05) is 55.5 Å². The number of aromatic nitrogens is 1. The van der Waals surface area contributed by atoms with Crippen LogP contribution in [0.3, 0.4) is 0 Å². The maximum absolute atomic E-state index is 12.4. The summed E-state index contributed by atoms with van der Waals surface area (Å²) in [7, 11) is 1.61. The van der Waals surface area contributed by atoms with E-state index in [1.54, 1.807) is 7.11 Å². The minimum absolute atomic E-state index is 0.0963. The maximum Gasteiger partial charge on any atom is 0.262 e. The molecule has 7 nitrogen and oxygen atoms in total. The zero-order chi connectivity index (χ0) is 20.9. The SMILES string of the molecule is COc1ccc2nc(C)cc(OCC(=O)Nc3ccc(N4CCOCC4)cc3)c2c1. The number of rotatable bonds is 6. The van der Waals surface area contributed by atoms with Crippen LogP contribution < -0.4 is 19.7 Å². The van der Waals surface area contributed by atoms with Crippen LogP contribution in [0.5, 0.6) is 11.5 Å². The molecule has 0 spiro atoms. The van der Waals surface area contributed by atoms with Gasteiger partial charge in [0.25, 0.3) is 5.91 Å². The molecule has 3 aromatic rings. The number of amides is 1. The van der Waals surface area contributed by atoms with E-state index in [2.05, 4.69) is 15.2 Å². The molecular formula is C23H25N3O4. The van der Waals surface area contributed by atoms with E-state index < -0.39 is 0 Å². The average Bonchev–Trinajstić information content (AvgIpc) is 2.78. The first-order chi connectivity index (χ1) is 14.6. The van der Waals surface area contributed by atoms with Crippen molar-refractivity contribution in [3.8, 4) is 11.5 Å². The van der Waals surface area contributed by atoms with Crippen molar-refractivity contribution in [2.75, 3.05) is 50.2 Å². The van der Waals surface area contributed by atoms with Crippen LogP contribution in [0.2, 0.25) is 0 Å². The van der Waals surface area contributed by atoms with Crippen LogP contribution in [-0.4, -0.2) is 50.9 Å². The maximum atomic E-state index is 12.4. The quantitative estimate of drug-likeness (QED) is 0.675. The third-order valence-electron chi connectivity index (χ3n) is 4.99. The van der Waals surface area contributed by atoms with Gasteiger partial charge in [0.2, 0.25) is 0 Å². The molecule has 2 heterocycles. The molecule has 4 rings (SSSR count). The van der Waals surface area contributed by atoms with E-state index >= 15 is 0 Å². The van der Waals surface area contributed by atoms with Crippen molar-refractivity contribution in [1.82, 2.24) is 4.98 Å². The van der Waals surface area contributed by atoms with Crippen LogP contribution in [0.25, 0.3) is 10.9 Å². The number of anilines is 2. The number of morpholine rings is 1. The molecule has 1 saturated heterocycles. The zero-order valence-corrected chi connectivity index (χ0v) is 17.2. The number of carbonyl (C=O) groups excluding carboxylic acids is 1. The lowest BCUT2D eigenvalue weighted by atomic mass is 10.1. The summed E-state index contributed by atoms with van der Waals surface area (Å²) in [6.45, 7) is 5.04. The summed E-state index contributed by atoms with van der Waals surface area (Å²) in [5.74, 6) is 1.09. The van der Waals surface area contributed by atoms with Gasteiger partial charge in [-0.15, -0.1) is 0 Å². The van der Waals surface area contributed by atoms with Crippen LogP contribution in [0.1, 0.15) is 5.69 Å². The highest BCUT2D eigenvalue weighted by atomic mass is 16.5. The Hall–Kier alpha value is -3.32. The molecule has 1 aliphatic rings. The number of pyridine rings is 1. The lowest BCUT2D eigenvalue weighted by Crippen LogP contribution is -2.36. The molecule has 0 radical (unpaired) electrons. The Morgan fingerprint density at radius 2 is 1.90 bits per heavy atom. The van der Waals surface area contributed by atoms with E-state index in [0.29, 0.717) is 11.5 Å². The largest absolute Gasteiger partial charge is 0.497 e. The van der Waals surface area contributed by atoms with Gasteiger partial charge in [-0.1, -0.05) is 0 Å². The van der Waals surface area contributed by atoms with Crippen LogP contribution >= 0.6 is 0 Å². The number of nitrogens with zero attached hydrogens (tertiary/aromatic N) is 2. The van der Waals surface area contributed by atoms with Crippen LogP contribution in [0.4, 0.5) is 11.4 Å². The fraction of sp³-hybridized carbons (Fsp3) is 0.304. The highest BCUT2D eigenvalue weighted by Crippen LogP contribution is 2.29. The molecule has 1 aromatic heterocycles. The summed E-state index contributed by atoms with van der Waals surface area (Å²) in [5, 5.41) is 3.69. The number of hydrogen-bond acceptors (Lipinski definition) is 6. The second-order valence-corrected chi connectivity index (χ2v) is 7.13. The van der Waals surface area contributed by atoms with Crippen LogP contribution in [-0.2, 0) is 9.53 Å². The molecule has 0 bridgehead atoms. The first-order valence-electron chi connectivity index (χ1n) is 9.93. The Bertz CT molecular complexity index is 1030. The van der Waals surface area contributed by atoms with Gasteiger partial charge in [0.05, 0.1) is 25.8 Å². The Kier molecular flexibility index (Phi) is 5.99. The number of methoxy groups -OCH3 is 1. The molecule has 0 aliphatic carbocycles. The molecule has 0 unspecified atom stereocenters. The van der Waals surface area contributed by atoms with E-state index in [-0.39, 0.29) is 12.5 Å². The number of aryl methyl sites for hydroxylation is 1. The molecule has 1 N–H and O–H groups in total. The van der Waals surface area contributed by atoms with Crippen molar-refractivity contribution < 1.29 is 19.0 Å². The molecule has 0 atom stereocenters. The number of benzene rings is 2. The molecule has 0 saturated carbocycles. The number of hydrogen-bond donors (Lipinski definition) is 1. The Balaban J connectivity index is 1.40. The number of carbonyl (C=O) groups is 1. The van der Waals surface area contributed by atoms with Gasteiger partial charge < -0.3 is 24.4 Å². The minimum Gasteiger partial charge on any atom is -0.497 e. The van der Waals surface area contributed by atoms with E-state index in [9.17, 15) is 4.79 Å². The topological polar surface area (TPSA) is 72.9 Å². The van der Waals surface area contributed by atoms with E-state index in [1.165, 1.54) is 0 Å². The van der Waals surface area contributed by atoms with Gasteiger partial charge in [0, 0.05) is 41.6 Å². The standard InChI is InChI=1S/C23H25N3O4/c1-16-13-22(20-14-19(28-2)7-8-21(20)24-16)30-15-23(27)25-17-3-5-18(6-4-17)26-9-11-29-12-10-26/h3-8,13-14H,9-12,15H2,1-2H3,(H,25,27). The lowest BCUT2D eigenvalue weighted by Gasteiger charge is -2.28. The van der Waals surface area contributed by atoms with E-state index in [0.717, 1.165) is 54.3 Å². The smallest absolute Gasteiger partial charge is 0.262 e. The van der Waals surface area contributed by atoms with E-state index in [4.69, 9.17) is 14.2 Å². The molecule has 1 amide bonds. The Morgan fingerprint density at radius 1 is 1.13 bits per heavy atom. The molecule has 2 aromatic carbocycles. The molecule has 156 valence electrons. The van der Waals surface area contributed by atoms with Gasteiger partial charge in [0.15, 0.2) is 6.61 Å². The lowest BCUT2D eigenvalue weighted by molar-refractivity contribution is -0.118. The highest BCUT2D eigenvalue weighted by Gasteiger charge is 2.12. The normalized spacial score (nSPS) is 13.9. The summed E-state index contributed by atoms with van der Waals surface area (Å²) in [5.41, 5.74) is 3.48. The second-order valence-electron chi connectivity index (χ2n) is 7.13. The summed E-state index contributed by atoms with van der Waals surface area (Å²) in [6.07, 6.45) is 0. The molecule has 7 heteroatoms. The van der Waals surface area contributed by atoms with Gasteiger partial charge in [-0.2, -0.15) is 0 Å². The molecule has 30 heavy (non-hydrogen) atoms. The number of nitrogens with one attached hydrogen (secondary N) is 1. The molecular weight excluding hydrogens is 382 g/mol. The monoisotopic (exact) mass is 407 g/mol. The van der Waals surface area contributed by atoms with Crippen molar-refractivity contribution in [2.24, 2.45) is 0 Å². The predicted molar refractivity (Wildman–Crippen MR) is 117 cm³/mol. The average molecular weight is 407 g/mol. The van der Waals surface area contributed by atoms with Gasteiger partial charge in [-0.25, -0.2) is 0 Å². The Morgan fingerprint density at radius 3 is 2.63 bits per heavy atom.